The van der Waals surface area contributed by atoms with Crippen LogP contribution in [0.3, 0.4) is 0 Å². The van der Waals surface area contributed by atoms with Crippen molar-refractivity contribution in [1.82, 2.24) is 0 Å². The lowest BCUT2D eigenvalue weighted by atomic mass is 9.99. The molecule has 1 aliphatic carbocycles. The molecule has 0 aliphatic heterocycles. The first-order valence-corrected chi connectivity index (χ1v) is 8.46. The van der Waals surface area contributed by atoms with E-state index in [-0.39, 0.29) is 0 Å². The van der Waals surface area contributed by atoms with E-state index in [1.54, 1.807) is 0 Å². The maximum Gasteiger partial charge on any atom is 0.0408 e. The summed E-state index contributed by atoms with van der Waals surface area (Å²) < 4.78 is 0. The van der Waals surface area contributed by atoms with Crippen LogP contribution in [0.1, 0.15) is 43.7 Å². The zero-order valence-electron chi connectivity index (χ0n) is 14.3. The smallest absolute Gasteiger partial charge is 0.0408 e. The summed E-state index contributed by atoms with van der Waals surface area (Å²) >= 11 is 0. The van der Waals surface area contributed by atoms with Gasteiger partial charge in [0.1, 0.15) is 0 Å². The molecular weight excluding hydrogens is 278 g/mol. The van der Waals surface area contributed by atoms with Crippen LogP contribution in [0, 0.1) is 0 Å². The van der Waals surface area contributed by atoms with Crippen LogP contribution in [-0.4, -0.2) is 7.05 Å². The third-order valence-electron chi connectivity index (χ3n) is 4.53. The molecule has 0 radical (unpaired) electrons. The Balaban J connectivity index is 1.78. The molecule has 1 heteroatoms. The predicted molar refractivity (Wildman–Crippen MR) is 101 cm³/mol. The Morgan fingerprint density at radius 1 is 0.826 bits per heavy atom. The first kappa shape index (κ1) is 15.6. The topological polar surface area (TPSA) is 3.24 Å². The minimum absolute atomic E-state index is 0.575. The number of hydrogen-bond donors (Lipinski definition) is 0. The highest BCUT2D eigenvalue weighted by Gasteiger charge is 2.07. The van der Waals surface area contributed by atoms with Crippen molar-refractivity contribution in [2.24, 2.45) is 0 Å². The van der Waals surface area contributed by atoms with Gasteiger partial charge in [0.05, 0.1) is 0 Å². The molecule has 2 aromatic rings. The highest BCUT2D eigenvalue weighted by Crippen LogP contribution is 2.28. The van der Waals surface area contributed by atoms with E-state index >= 15 is 0 Å². The van der Waals surface area contributed by atoms with Crippen LogP contribution in [-0.2, 0) is 0 Å². The highest BCUT2D eigenvalue weighted by atomic mass is 15.1. The Morgan fingerprint density at radius 3 is 1.96 bits per heavy atom. The van der Waals surface area contributed by atoms with Crippen molar-refractivity contribution < 1.29 is 0 Å². The van der Waals surface area contributed by atoms with Gasteiger partial charge in [-0.05, 0) is 59.7 Å². The highest BCUT2D eigenvalue weighted by molar-refractivity contribution is 5.76. The third kappa shape index (κ3) is 3.56. The summed E-state index contributed by atoms with van der Waals surface area (Å²) in [5.74, 6) is 0.575. The second kappa shape index (κ2) is 6.87. The minimum Gasteiger partial charge on any atom is -0.345 e. The third-order valence-corrected chi connectivity index (χ3v) is 4.53. The zero-order valence-corrected chi connectivity index (χ0v) is 14.3. The van der Waals surface area contributed by atoms with Gasteiger partial charge < -0.3 is 4.90 Å². The number of rotatable bonds is 4. The molecule has 0 heterocycles. The minimum atomic E-state index is 0.575. The van der Waals surface area contributed by atoms with E-state index < -0.39 is 0 Å². The van der Waals surface area contributed by atoms with Gasteiger partial charge in [-0.25, -0.2) is 0 Å². The van der Waals surface area contributed by atoms with Crippen LogP contribution < -0.4 is 4.90 Å². The average molecular weight is 303 g/mol. The van der Waals surface area contributed by atoms with E-state index in [0.29, 0.717) is 5.92 Å². The summed E-state index contributed by atoms with van der Waals surface area (Å²) in [5.41, 5.74) is 6.46. The summed E-state index contributed by atoms with van der Waals surface area (Å²) in [6, 6.07) is 17.7. The van der Waals surface area contributed by atoms with Crippen LogP contribution in [0.4, 0.5) is 11.4 Å². The monoisotopic (exact) mass is 303 g/mol. The normalized spacial score (nSPS) is 14.0. The van der Waals surface area contributed by atoms with Gasteiger partial charge in [-0.15, -0.1) is 0 Å². The Kier molecular flexibility index (Phi) is 4.66. The molecule has 0 spiro atoms. The first-order chi connectivity index (χ1) is 11.1. The summed E-state index contributed by atoms with van der Waals surface area (Å²) in [7, 11) is 2.12. The number of benzene rings is 2. The maximum absolute atomic E-state index is 2.32. The molecule has 0 fully saturated rings. The number of hydrogen-bond acceptors (Lipinski definition) is 1. The maximum atomic E-state index is 2.32. The van der Waals surface area contributed by atoms with E-state index in [0.717, 1.165) is 12.8 Å². The van der Waals surface area contributed by atoms with Crippen LogP contribution in [0.2, 0.25) is 0 Å². The largest absolute Gasteiger partial charge is 0.345 e. The molecule has 23 heavy (non-hydrogen) atoms. The molecular formula is C22H25N. The van der Waals surface area contributed by atoms with Crippen LogP contribution in [0.15, 0.2) is 66.8 Å². The van der Waals surface area contributed by atoms with Gasteiger partial charge in [0.2, 0.25) is 0 Å². The molecule has 3 rings (SSSR count). The number of allylic oxidation sites excluding steroid dienone is 4. The Labute approximate surface area is 140 Å². The summed E-state index contributed by atoms with van der Waals surface area (Å²) in [4.78, 5) is 2.24. The van der Waals surface area contributed by atoms with Gasteiger partial charge in [-0.2, -0.15) is 0 Å². The van der Waals surface area contributed by atoms with Gasteiger partial charge in [-0.1, -0.05) is 56.3 Å². The van der Waals surface area contributed by atoms with Crippen molar-refractivity contribution in [1.29, 1.82) is 0 Å². The lowest BCUT2D eigenvalue weighted by Crippen LogP contribution is -2.09. The van der Waals surface area contributed by atoms with E-state index in [2.05, 4.69) is 92.6 Å². The first-order valence-electron chi connectivity index (χ1n) is 8.46. The number of anilines is 2. The molecule has 1 aliphatic rings. The van der Waals surface area contributed by atoms with Crippen LogP contribution in [0.5, 0.6) is 0 Å². The van der Waals surface area contributed by atoms with Crippen molar-refractivity contribution in [3.05, 3.63) is 77.9 Å². The quantitative estimate of drug-likeness (QED) is 0.639. The van der Waals surface area contributed by atoms with E-state index in [1.165, 1.54) is 28.1 Å². The standard InChI is InChI=1S/C22H25N/c1-17(2)18-9-13-21(14-10-18)23(3)22-15-11-20(12-16-22)19-7-5-4-6-8-19/h5,7-17H,4,6H2,1-3H3. The van der Waals surface area contributed by atoms with E-state index in [9.17, 15) is 0 Å². The molecule has 2 aromatic carbocycles. The van der Waals surface area contributed by atoms with E-state index in [4.69, 9.17) is 0 Å². The molecule has 0 saturated heterocycles. The molecule has 0 amide bonds. The summed E-state index contributed by atoms with van der Waals surface area (Å²) in [5, 5.41) is 0. The molecule has 0 saturated carbocycles. The zero-order chi connectivity index (χ0) is 16.2. The van der Waals surface area contributed by atoms with Crippen molar-refractivity contribution >= 4 is 16.9 Å². The van der Waals surface area contributed by atoms with Gasteiger partial charge in [-0.3, -0.25) is 0 Å². The Hall–Kier alpha value is -2.28. The van der Waals surface area contributed by atoms with Crippen LogP contribution >= 0.6 is 0 Å². The van der Waals surface area contributed by atoms with Gasteiger partial charge in [0, 0.05) is 18.4 Å². The van der Waals surface area contributed by atoms with Crippen LogP contribution in [0.25, 0.3) is 5.57 Å². The van der Waals surface area contributed by atoms with Gasteiger partial charge >= 0.3 is 0 Å². The lowest BCUT2D eigenvalue weighted by molar-refractivity contribution is 0.866. The Bertz CT molecular complexity index is 703. The summed E-state index contributed by atoms with van der Waals surface area (Å²) in [6.45, 7) is 4.46. The molecule has 0 bridgehead atoms. The second-order valence-corrected chi connectivity index (χ2v) is 6.49. The Morgan fingerprint density at radius 2 is 1.43 bits per heavy atom. The predicted octanol–water partition coefficient (Wildman–Crippen LogP) is 6.31. The lowest BCUT2D eigenvalue weighted by Gasteiger charge is -2.21. The second-order valence-electron chi connectivity index (χ2n) is 6.49. The molecule has 0 N–H and O–H groups in total. The SMILES string of the molecule is CC(C)c1ccc(N(C)c2ccc(C3=CCCC=C3)cc2)cc1. The van der Waals surface area contributed by atoms with Crippen molar-refractivity contribution in [3.63, 3.8) is 0 Å². The number of nitrogens with zero attached hydrogens (tertiary/aromatic N) is 1. The molecule has 0 atom stereocenters. The average Bonchev–Trinajstić information content (AvgIpc) is 2.62. The molecule has 1 nitrogen and oxygen atoms in total. The molecule has 0 aromatic heterocycles. The van der Waals surface area contributed by atoms with Crippen molar-refractivity contribution in [3.8, 4) is 0 Å². The van der Waals surface area contributed by atoms with Gasteiger partial charge in [0.15, 0.2) is 0 Å². The van der Waals surface area contributed by atoms with E-state index in [1.807, 2.05) is 0 Å². The summed E-state index contributed by atoms with van der Waals surface area (Å²) in [6.07, 6.45) is 9.12. The van der Waals surface area contributed by atoms with Crippen molar-refractivity contribution in [2.75, 3.05) is 11.9 Å². The fraction of sp³-hybridized carbons (Fsp3) is 0.273. The van der Waals surface area contributed by atoms with Crippen molar-refractivity contribution in [2.45, 2.75) is 32.6 Å². The fourth-order valence-electron chi connectivity index (χ4n) is 2.94. The molecule has 0 unspecified atom stereocenters. The fourth-order valence-corrected chi connectivity index (χ4v) is 2.94. The van der Waals surface area contributed by atoms with Gasteiger partial charge in [0.25, 0.3) is 0 Å². The molecule has 118 valence electrons.